The molecule has 0 spiro atoms. The van der Waals surface area contributed by atoms with Crippen molar-refractivity contribution < 1.29 is 14.3 Å². The molecule has 0 aliphatic carbocycles. The van der Waals surface area contributed by atoms with Crippen LogP contribution in [0.25, 0.3) is 0 Å². The lowest BCUT2D eigenvalue weighted by molar-refractivity contribution is -0.115. The van der Waals surface area contributed by atoms with Crippen molar-refractivity contribution in [1.82, 2.24) is 9.78 Å². The average molecular weight is 420 g/mol. The quantitative estimate of drug-likeness (QED) is 0.614. The molecule has 3 aromatic rings. The average Bonchev–Trinajstić information content (AvgIpc) is 3.12. The van der Waals surface area contributed by atoms with Crippen LogP contribution in [0.5, 0.6) is 11.5 Å². The fourth-order valence-corrected chi connectivity index (χ4v) is 3.13. The first-order chi connectivity index (χ1) is 13.5. The van der Waals surface area contributed by atoms with E-state index in [1.54, 1.807) is 55.4 Å². The molecule has 1 aromatic heterocycles. The summed E-state index contributed by atoms with van der Waals surface area (Å²) < 4.78 is 12.2. The van der Waals surface area contributed by atoms with Gasteiger partial charge in [-0.1, -0.05) is 41.4 Å². The number of halogens is 2. The highest BCUT2D eigenvalue weighted by atomic mass is 35.5. The zero-order valence-corrected chi connectivity index (χ0v) is 16.9. The van der Waals surface area contributed by atoms with Gasteiger partial charge in [-0.2, -0.15) is 5.10 Å². The van der Waals surface area contributed by atoms with E-state index in [0.29, 0.717) is 33.9 Å². The number of benzene rings is 2. The van der Waals surface area contributed by atoms with Crippen LogP contribution in [0.4, 0.5) is 5.82 Å². The van der Waals surface area contributed by atoms with Crippen LogP contribution in [0, 0.1) is 0 Å². The minimum absolute atomic E-state index is 0.149. The first kappa shape index (κ1) is 20.0. The number of aromatic nitrogens is 2. The highest BCUT2D eigenvalue weighted by Gasteiger charge is 2.13. The van der Waals surface area contributed by atoms with Crippen LogP contribution in [0.15, 0.2) is 48.7 Å². The summed E-state index contributed by atoms with van der Waals surface area (Å²) in [4.78, 5) is 12.5. The predicted molar refractivity (Wildman–Crippen MR) is 110 cm³/mol. The third-order valence-corrected chi connectivity index (χ3v) is 5.04. The monoisotopic (exact) mass is 419 g/mol. The van der Waals surface area contributed by atoms with Crippen LogP contribution in [0.3, 0.4) is 0 Å². The number of carbonyl (C=O) groups is 1. The number of carbonyl (C=O) groups excluding carboxylic acids is 1. The normalized spacial score (nSPS) is 10.6. The van der Waals surface area contributed by atoms with E-state index in [1.165, 1.54) is 0 Å². The van der Waals surface area contributed by atoms with Crippen molar-refractivity contribution in [2.75, 3.05) is 19.5 Å². The summed E-state index contributed by atoms with van der Waals surface area (Å²) in [5.74, 6) is 1.63. The van der Waals surface area contributed by atoms with Crippen LogP contribution >= 0.6 is 23.2 Å². The Balaban J connectivity index is 1.72. The Kier molecular flexibility index (Phi) is 6.44. The van der Waals surface area contributed by atoms with E-state index in [0.717, 1.165) is 11.1 Å². The van der Waals surface area contributed by atoms with Gasteiger partial charge < -0.3 is 14.8 Å². The summed E-state index contributed by atoms with van der Waals surface area (Å²) in [5, 5.41) is 8.08. The van der Waals surface area contributed by atoms with Gasteiger partial charge >= 0.3 is 0 Å². The maximum atomic E-state index is 12.5. The molecule has 146 valence electrons. The van der Waals surface area contributed by atoms with Gasteiger partial charge in [0, 0.05) is 17.7 Å². The second-order valence-corrected chi connectivity index (χ2v) is 6.77. The van der Waals surface area contributed by atoms with Gasteiger partial charge in [0.15, 0.2) is 0 Å². The SMILES string of the molecule is COc1ccc(CC(=O)Nc2ccnn2Cc2cccc(Cl)c2Cl)c(OC)c1. The topological polar surface area (TPSA) is 65.4 Å². The van der Waals surface area contributed by atoms with Crippen molar-refractivity contribution >= 4 is 34.9 Å². The molecule has 0 saturated carbocycles. The summed E-state index contributed by atoms with van der Waals surface area (Å²) in [6, 6.07) is 12.5. The van der Waals surface area contributed by atoms with Gasteiger partial charge in [-0.3, -0.25) is 4.79 Å². The highest BCUT2D eigenvalue weighted by Crippen LogP contribution is 2.27. The molecule has 0 aliphatic rings. The van der Waals surface area contributed by atoms with Gasteiger partial charge in [-0.25, -0.2) is 4.68 Å². The number of hydrogen-bond acceptors (Lipinski definition) is 4. The lowest BCUT2D eigenvalue weighted by Gasteiger charge is -2.12. The van der Waals surface area contributed by atoms with Gasteiger partial charge in [0.25, 0.3) is 0 Å². The van der Waals surface area contributed by atoms with Crippen LogP contribution < -0.4 is 14.8 Å². The first-order valence-electron chi connectivity index (χ1n) is 8.47. The maximum absolute atomic E-state index is 12.5. The van der Waals surface area contributed by atoms with Crippen molar-refractivity contribution in [3.8, 4) is 11.5 Å². The Morgan fingerprint density at radius 1 is 1.11 bits per heavy atom. The molecule has 0 bridgehead atoms. The number of amides is 1. The molecule has 0 saturated heterocycles. The number of anilines is 1. The van der Waals surface area contributed by atoms with Crippen molar-refractivity contribution in [2.24, 2.45) is 0 Å². The van der Waals surface area contributed by atoms with Gasteiger partial charge in [-0.05, 0) is 17.7 Å². The van der Waals surface area contributed by atoms with E-state index < -0.39 is 0 Å². The predicted octanol–water partition coefficient (Wildman–Crippen LogP) is 4.44. The number of ether oxygens (including phenoxy) is 2. The molecule has 3 rings (SSSR count). The van der Waals surface area contributed by atoms with Crippen molar-refractivity contribution in [2.45, 2.75) is 13.0 Å². The van der Waals surface area contributed by atoms with E-state index in [2.05, 4.69) is 10.4 Å². The summed E-state index contributed by atoms with van der Waals surface area (Å²) in [6.07, 6.45) is 1.76. The first-order valence-corrected chi connectivity index (χ1v) is 9.23. The summed E-state index contributed by atoms with van der Waals surface area (Å²) in [7, 11) is 3.13. The molecular weight excluding hydrogens is 401 g/mol. The standard InChI is InChI=1S/C20H19Cl2N3O3/c1-27-15-7-6-13(17(11-15)28-2)10-19(26)24-18-8-9-23-25(18)12-14-4-3-5-16(21)20(14)22/h3-9,11H,10,12H2,1-2H3,(H,24,26). The molecule has 0 atom stereocenters. The third kappa shape index (κ3) is 4.58. The van der Waals surface area contributed by atoms with Crippen molar-refractivity contribution in [3.63, 3.8) is 0 Å². The Morgan fingerprint density at radius 3 is 2.68 bits per heavy atom. The van der Waals surface area contributed by atoms with Crippen molar-refractivity contribution in [3.05, 3.63) is 69.8 Å². The fraction of sp³-hybridized carbons (Fsp3) is 0.200. The largest absolute Gasteiger partial charge is 0.497 e. The molecule has 2 aromatic carbocycles. The molecule has 0 unspecified atom stereocenters. The van der Waals surface area contributed by atoms with Crippen LogP contribution in [-0.4, -0.2) is 29.9 Å². The summed E-state index contributed by atoms with van der Waals surface area (Å²) in [6.45, 7) is 0.383. The molecule has 1 heterocycles. The zero-order chi connectivity index (χ0) is 20.1. The molecule has 1 amide bonds. The Bertz CT molecular complexity index is 989. The van der Waals surface area contributed by atoms with E-state index in [9.17, 15) is 4.79 Å². The second kappa shape index (κ2) is 8.99. The van der Waals surface area contributed by atoms with E-state index in [4.69, 9.17) is 32.7 Å². The van der Waals surface area contributed by atoms with Gasteiger partial charge in [0.1, 0.15) is 17.3 Å². The molecule has 28 heavy (non-hydrogen) atoms. The van der Waals surface area contributed by atoms with Gasteiger partial charge in [0.05, 0.1) is 43.4 Å². The van der Waals surface area contributed by atoms with Gasteiger partial charge in [-0.15, -0.1) is 0 Å². The Hall–Kier alpha value is -2.70. The number of nitrogens with zero attached hydrogens (tertiary/aromatic N) is 2. The molecule has 8 heteroatoms. The fourth-order valence-electron chi connectivity index (χ4n) is 2.75. The third-order valence-electron chi connectivity index (χ3n) is 4.18. The zero-order valence-electron chi connectivity index (χ0n) is 15.4. The molecule has 0 radical (unpaired) electrons. The smallest absolute Gasteiger partial charge is 0.230 e. The lowest BCUT2D eigenvalue weighted by atomic mass is 10.1. The number of rotatable bonds is 7. The van der Waals surface area contributed by atoms with Gasteiger partial charge in [0.2, 0.25) is 5.91 Å². The molecule has 1 N–H and O–H groups in total. The summed E-state index contributed by atoms with van der Waals surface area (Å²) >= 11 is 12.3. The van der Waals surface area contributed by atoms with Crippen LogP contribution in [0.2, 0.25) is 10.0 Å². The number of nitrogens with one attached hydrogen (secondary N) is 1. The molecule has 0 fully saturated rings. The minimum Gasteiger partial charge on any atom is -0.497 e. The molecular formula is C20H19Cl2N3O3. The minimum atomic E-state index is -0.192. The van der Waals surface area contributed by atoms with Crippen molar-refractivity contribution in [1.29, 1.82) is 0 Å². The number of methoxy groups -OCH3 is 2. The Labute approximate surface area is 173 Å². The van der Waals surface area contributed by atoms with E-state index in [1.807, 2.05) is 12.1 Å². The van der Waals surface area contributed by atoms with Crippen LogP contribution in [0.1, 0.15) is 11.1 Å². The number of hydrogen-bond donors (Lipinski definition) is 1. The molecule has 6 nitrogen and oxygen atoms in total. The molecule has 0 aliphatic heterocycles. The second-order valence-electron chi connectivity index (χ2n) is 5.99. The van der Waals surface area contributed by atoms with Crippen LogP contribution in [-0.2, 0) is 17.8 Å². The maximum Gasteiger partial charge on any atom is 0.230 e. The lowest BCUT2D eigenvalue weighted by Crippen LogP contribution is -2.18. The summed E-state index contributed by atoms with van der Waals surface area (Å²) in [5.41, 5.74) is 1.56. The Morgan fingerprint density at radius 2 is 1.93 bits per heavy atom. The van der Waals surface area contributed by atoms with E-state index >= 15 is 0 Å². The van der Waals surface area contributed by atoms with E-state index in [-0.39, 0.29) is 12.3 Å². The highest BCUT2D eigenvalue weighted by molar-refractivity contribution is 6.42.